The molecule has 23 heavy (non-hydrogen) atoms. The average Bonchev–Trinajstić information content (AvgIpc) is 2.96. The summed E-state index contributed by atoms with van der Waals surface area (Å²) in [6.45, 7) is 0. The number of thiazole rings is 1. The van der Waals surface area contributed by atoms with Crippen molar-refractivity contribution in [2.45, 2.75) is 31.5 Å². The summed E-state index contributed by atoms with van der Waals surface area (Å²) in [6.07, 6.45) is -5.32. The quantitative estimate of drug-likeness (QED) is 0.615. The molecule has 1 aromatic carbocycles. The van der Waals surface area contributed by atoms with Crippen molar-refractivity contribution in [3.63, 3.8) is 0 Å². The molecule has 0 bridgehead atoms. The Balaban J connectivity index is 1.99. The Bertz CT molecular complexity index is 664. The zero-order chi connectivity index (χ0) is 17.0. The van der Waals surface area contributed by atoms with Gasteiger partial charge in [0.1, 0.15) is 0 Å². The van der Waals surface area contributed by atoms with Gasteiger partial charge in [-0.1, -0.05) is 12.1 Å². The van der Waals surface area contributed by atoms with Crippen LogP contribution < -0.4 is 5.73 Å². The molecule has 1 heterocycles. The van der Waals surface area contributed by atoms with Gasteiger partial charge in [-0.25, -0.2) is 18.2 Å². The highest BCUT2D eigenvalue weighted by Crippen LogP contribution is 2.22. The summed E-state index contributed by atoms with van der Waals surface area (Å²) in [7, 11) is 0. The monoisotopic (exact) mass is 345 g/mol. The lowest BCUT2D eigenvalue weighted by Crippen LogP contribution is -2.16. The number of alkyl halides is 3. The number of nitro groups is 1. The minimum Gasteiger partial charge on any atom is -0.322 e. The number of rotatable bonds is 7. The molecular weight excluding hydrogens is 331 g/mol. The van der Waals surface area contributed by atoms with Crippen LogP contribution >= 0.6 is 11.3 Å². The fourth-order valence-corrected chi connectivity index (χ4v) is 2.86. The molecule has 0 aliphatic rings. The van der Waals surface area contributed by atoms with E-state index in [9.17, 15) is 23.3 Å². The SMILES string of the molecule is N[C@@H](Cc1ccc([N+](=O)[O-])cc1)c1csc(CC(F)C(F)F)n1. The normalized spacial score (nSPS) is 14.0. The lowest BCUT2D eigenvalue weighted by Gasteiger charge is -2.09. The van der Waals surface area contributed by atoms with Crippen molar-refractivity contribution in [1.29, 1.82) is 0 Å². The van der Waals surface area contributed by atoms with E-state index in [1.165, 1.54) is 12.1 Å². The summed E-state index contributed by atoms with van der Waals surface area (Å²) >= 11 is 1.09. The summed E-state index contributed by atoms with van der Waals surface area (Å²) in [6, 6.07) is 5.46. The minimum absolute atomic E-state index is 0.0146. The molecule has 0 aliphatic heterocycles. The first-order valence-corrected chi connectivity index (χ1v) is 7.60. The van der Waals surface area contributed by atoms with Crippen molar-refractivity contribution >= 4 is 17.0 Å². The number of benzene rings is 1. The second-order valence-electron chi connectivity index (χ2n) is 4.95. The van der Waals surface area contributed by atoms with Gasteiger partial charge in [0.25, 0.3) is 12.1 Å². The Kier molecular flexibility index (Phi) is 5.67. The van der Waals surface area contributed by atoms with Crippen LogP contribution in [0.4, 0.5) is 18.9 Å². The first-order valence-electron chi connectivity index (χ1n) is 6.72. The maximum atomic E-state index is 13.0. The van der Waals surface area contributed by atoms with Crippen LogP contribution in [0.5, 0.6) is 0 Å². The Morgan fingerprint density at radius 1 is 1.22 bits per heavy atom. The smallest absolute Gasteiger partial charge is 0.269 e. The Hall–Kier alpha value is -2.00. The maximum absolute atomic E-state index is 13.0. The molecule has 0 saturated carbocycles. The molecule has 0 saturated heterocycles. The zero-order valence-corrected chi connectivity index (χ0v) is 12.7. The first kappa shape index (κ1) is 17.4. The lowest BCUT2D eigenvalue weighted by molar-refractivity contribution is -0.384. The van der Waals surface area contributed by atoms with Gasteiger partial charge in [0.2, 0.25) is 0 Å². The van der Waals surface area contributed by atoms with Crippen LogP contribution in [0.25, 0.3) is 0 Å². The van der Waals surface area contributed by atoms with Crippen LogP contribution in [0.3, 0.4) is 0 Å². The van der Waals surface area contributed by atoms with Gasteiger partial charge in [0, 0.05) is 23.9 Å². The Labute approximate surface area is 134 Å². The predicted octanol–water partition coefficient (Wildman–Crippen LogP) is 3.44. The third-order valence-electron chi connectivity index (χ3n) is 3.20. The second-order valence-corrected chi connectivity index (χ2v) is 5.90. The molecule has 124 valence electrons. The van der Waals surface area contributed by atoms with E-state index in [2.05, 4.69) is 4.98 Å². The lowest BCUT2D eigenvalue weighted by atomic mass is 10.0. The van der Waals surface area contributed by atoms with Gasteiger partial charge in [-0.05, 0) is 12.0 Å². The van der Waals surface area contributed by atoms with E-state index in [4.69, 9.17) is 5.73 Å². The van der Waals surface area contributed by atoms with Crippen LogP contribution in [-0.2, 0) is 12.8 Å². The molecule has 1 unspecified atom stereocenters. The molecule has 0 fully saturated rings. The molecule has 2 rings (SSSR count). The van der Waals surface area contributed by atoms with Crippen LogP contribution in [0.1, 0.15) is 22.3 Å². The third-order valence-corrected chi connectivity index (χ3v) is 4.08. The highest BCUT2D eigenvalue weighted by Gasteiger charge is 2.22. The summed E-state index contributed by atoms with van der Waals surface area (Å²) < 4.78 is 37.4. The summed E-state index contributed by atoms with van der Waals surface area (Å²) in [5.74, 6) is 0. The van der Waals surface area contributed by atoms with Crippen LogP contribution in [-0.4, -0.2) is 22.5 Å². The van der Waals surface area contributed by atoms with Crippen molar-refractivity contribution in [2.75, 3.05) is 0 Å². The standard InChI is InChI=1S/C14H14F3N3O2S/c15-10(14(16)17)6-13-19-12(7-23-13)11(18)5-8-1-3-9(4-2-8)20(21)22/h1-4,7,10-11,14H,5-6,18H2/t10?,11-/m0/s1. The number of non-ortho nitro benzene ring substituents is 1. The number of nitrogens with zero attached hydrogens (tertiary/aromatic N) is 2. The number of nitrogens with two attached hydrogens (primary N) is 1. The topological polar surface area (TPSA) is 82.0 Å². The van der Waals surface area contributed by atoms with Crippen LogP contribution in [0.2, 0.25) is 0 Å². The molecule has 5 nitrogen and oxygen atoms in total. The second kappa shape index (κ2) is 7.51. The zero-order valence-electron chi connectivity index (χ0n) is 11.9. The number of halogens is 3. The van der Waals surface area contributed by atoms with Crippen LogP contribution in [0.15, 0.2) is 29.6 Å². The van der Waals surface area contributed by atoms with Crippen molar-refractivity contribution in [1.82, 2.24) is 4.98 Å². The van der Waals surface area contributed by atoms with E-state index in [0.29, 0.717) is 12.1 Å². The number of hydrogen-bond donors (Lipinski definition) is 1. The third kappa shape index (κ3) is 4.73. The van der Waals surface area contributed by atoms with E-state index < -0.39 is 30.0 Å². The van der Waals surface area contributed by atoms with E-state index in [-0.39, 0.29) is 10.7 Å². The van der Waals surface area contributed by atoms with Crippen molar-refractivity contribution in [3.8, 4) is 0 Å². The van der Waals surface area contributed by atoms with E-state index in [0.717, 1.165) is 16.9 Å². The van der Waals surface area contributed by atoms with Crippen molar-refractivity contribution in [2.24, 2.45) is 5.73 Å². The molecule has 2 N–H and O–H groups in total. The fourth-order valence-electron chi connectivity index (χ4n) is 1.96. The Morgan fingerprint density at radius 2 is 1.87 bits per heavy atom. The highest BCUT2D eigenvalue weighted by molar-refractivity contribution is 7.09. The fraction of sp³-hybridized carbons (Fsp3) is 0.357. The van der Waals surface area contributed by atoms with Gasteiger partial charge in [-0.2, -0.15) is 0 Å². The molecule has 0 spiro atoms. The molecule has 2 atom stereocenters. The van der Waals surface area contributed by atoms with Gasteiger partial charge in [-0.15, -0.1) is 11.3 Å². The molecule has 0 aliphatic carbocycles. The Morgan fingerprint density at radius 3 is 2.43 bits per heavy atom. The molecule has 2 aromatic rings. The van der Waals surface area contributed by atoms with E-state index in [1.807, 2.05) is 0 Å². The van der Waals surface area contributed by atoms with Gasteiger partial charge in [0.15, 0.2) is 6.17 Å². The van der Waals surface area contributed by atoms with Crippen LogP contribution in [0, 0.1) is 10.1 Å². The molecule has 1 aromatic heterocycles. The first-order chi connectivity index (χ1) is 10.9. The highest BCUT2D eigenvalue weighted by atomic mass is 32.1. The molecule has 0 amide bonds. The van der Waals surface area contributed by atoms with Gasteiger partial charge in [-0.3, -0.25) is 10.1 Å². The minimum atomic E-state index is -3.03. The molecule has 9 heteroatoms. The van der Waals surface area contributed by atoms with Gasteiger partial charge < -0.3 is 5.73 Å². The van der Waals surface area contributed by atoms with E-state index in [1.54, 1.807) is 17.5 Å². The maximum Gasteiger partial charge on any atom is 0.269 e. The largest absolute Gasteiger partial charge is 0.322 e. The van der Waals surface area contributed by atoms with Gasteiger partial charge in [0.05, 0.1) is 21.7 Å². The summed E-state index contributed by atoms with van der Waals surface area (Å²) in [4.78, 5) is 14.2. The molecule has 0 radical (unpaired) electrons. The number of hydrogen-bond acceptors (Lipinski definition) is 5. The summed E-state index contributed by atoms with van der Waals surface area (Å²) in [5.41, 5.74) is 7.26. The summed E-state index contributed by atoms with van der Waals surface area (Å²) in [5, 5.41) is 12.5. The number of aromatic nitrogens is 1. The average molecular weight is 345 g/mol. The van der Waals surface area contributed by atoms with Gasteiger partial charge >= 0.3 is 0 Å². The number of nitro benzene ring substituents is 1. The molecular formula is C14H14F3N3O2S. The van der Waals surface area contributed by atoms with Crippen molar-refractivity contribution < 1.29 is 18.1 Å². The predicted molar refractivity (Wildman–Crippen MR) is 80.4 cm³/mol. The van der Waals surface area contributed by atoms with E-state index >= 15 is 0 Å². The van der Waals surface area contributed by atoms with Crippen molar-refractivity contribution in [3.05, 3.63) is 56.0 Å².